The summed E-state index contributed by atoms with van der Waals surface area (Å²) in [5, 5.41) is -0.745. The fraction of sp³-hybridized carbons (Fsp3) is 0.250. The van der Waals surface area contributed by atoms with Crippen LogP contribution in [0, 0.1) is 5.82 Å². The fourth-order valence-electron chi connectivity index (χ4n) is 2.36. The van der Waals surface area contributed by atoms with Gasteiger partial charge in [0.2, 0.25) is 0 Å². The molecule has 0 fully saturated rings. The van der Waals surface area contributed by atoms with E-state index in [1.165, 1.54) is 12.1 Å². The van der Waals surface area contributed by atoms with Gasteiger partial charge >= 0.3 is 0 Å². The minimum Gasteiger partial charge on any atom is -0.323 e. The third-order valence-corrected chi connectivity index (χ3v) is 5.88. The van der Waals surface area contributed by atoms with E-state index in [2.05, 4.69) is 0 Å². The van der Waals surface area contributed by atoms with Gasteiger partial charge in [-0.1, -0.05) is 37.3 Å². The van der Waals surface area contributed by atoms with Gasteiger partial charge in [-0.05, 0) is 36.2 Å². The summed E-state index contributed by atoms with van der Waals surface area (Å²) in [5.74, 6) is -0.464. The topological polar surface area (TPSA) is 60.2 Å². The summed E-state index contributed by atoms with van der Waals surface area (Å²) in [6, 6.07) is 13.4. The highest BCUT2D eigenvalue weighted by Gasteiger charge is 2.32. The van der Waals surface area contributed by atoms with Crippen LogP contribution in [0.5, 0.6) is 0 Å². The second kappa shape index (κ2) is 6.37. The molecule has 0 aromatic heterocycles. The number of hydrogen-bond acceptors (Lipinski definition) is 3. The largest absolute Gasteiger partial charge is 0.323 e. The van der Waals surface area contributed by atoms with E-state index in [4.69, 9.17) is 5.73 Å². The van der Waals surface area contributed by atoms with E-state index in [0.29, 0.717) is 6.42 Å². The molecule has 0 bridgehead atoms. The fourth-order valence-corrected chi connectivity index (χ4v) is 4.20. The Morgan fingerprint density at radius 3 is 2.14 bits per heavy atom. The van der Waals surface area contributed by atoms with E-state index >= 15 is 0 Å². The zero-order chi connectivity index (χ0) is 15.5. The maximum Gasteiger partial charge on any atom is 0.183 e. The molecule has 0 spiro atoms. The van der Waals surface area contributed by atoms with Crippen LogP contribution >= 0.6 is 0 Å². The molecule has 2 atom stereocenters. The van der Waals surface area contributed by atoms with Gasteiger partial charge in [-0.15, -0.1) is 0 Å². The highest BCUT2D eigenvalue weighted by atomic mass is 32.2. The van der Waals surface area contributed by atoms with Crippen molar-refractivity contribution in [1.29, 1.82) is 0 Å². The normalized spacial score (nSPS) is 14.6. The van der Waals surface area contributed by atoms with Crippen molar-refractivity contribution in [1.82, 2.24) is 0 Å². The van der Waals surface area contributed by atoms with Crippen molar-refractivity contribution in [3.8, 4) is 0 Å². The average Bonchev–Trinajstić information content (AvgIpc) is 2.49. The van der Waals surface area contributed by atoms with Crippen molar-refractivity contribution in [3.05, 3.63) is 66.0 Å². The Labute approximate surface area is 124 Å². The predicted octanol–water partition coefficient (Wildman–Crippen LogP) is 3.08. The van der Waals surface area contributed by atoms with Crippen molar-refractivity contribution in [2.24, 2.45) is 5.73 Å². The van der Waals surface area contributed by atoms with Crippen LogP contribution in [-0.2, 0) is 9.84 Å². The predicted molar refractivity (Wildman–Crippen MR) is 81.0 cm³/mol. The van der Waals surface area contributed by atoms with E-state index in [1.54, 1.807) is 6.92 Å². The minimum atomic E-state index is -3.61. The van der Waals surface area contributed by atoms with Crippen molar-refractivity contribution in [2.45, 2.75) is 29.5 Å². The molecule has 3 nitrogen and oxygen atoms in total. The van der Waals surface area contributed by atoms with Gasteiger partial charge in [-0.3, -0.25) is 0 Å². The SMILES string of the molecule is CCC(C(N)c1ccccc1)S(=O)(=O)c1ccc(F)cc1. The number of halogens is 1. The Hall–Kier alpha value is -1.72. The molecule has 0 amide bonds. The van der Waals surface area contributed by atoms with Crippen LogP contribution in [-0.4, -0.2) is 13.7 Å². The molecular weight excluding hydrogens is 289 g/mol. The molecular formula is C16H18FNO2S. The molecule has 0 aliphatic carbocycles. The lowest BCUT2D eigenvalue weighted by Gasteiger charge is -2.23. The van der Waals surface area contributed by atoms with E-state index in [-0.39, 0.29) is 4.90 Å². The van der Waals surface area contributed by atoms with Crippen LogP contribution in [0.3, 0.4) is 0 Å². The van der Waals surface area contributed by atoms with Gasteiger partial charge in [-0.25, -0.2) is 12.8 Å². The molecule has 0 aliphatic heterocycles. The molecule has 2 aromatic rings. The van der Waals surface area contributed by atoms with Crippen molar-refractivity contribution < 1.29 is 12.8 Å². The van der Waals surface area contributed by atoms with Crippen molar-refractivity contribution >= 4 is 9.84 Å². The first kappa shape index (κ1) is 15.7. The molecule has 0 aliphatic rings. The molecule has 0 saturated carbocycles. The first-order chi connectivity index (χ1) is 9.96. The van der Waals surface area contributed by atoms with Gasteiger partial charge in [0, 0.05) is 6.04 Å². The van der Waals surface area contributed by atoms with Gasteiger partial charge in [0.1, 0.15) is 5.82 Å². The summed E-state index contributed by atoms with van der Waals surface area (Å²) in [7, 11) is -3.61. The maximum atomic E-state index is 13.0. The summed E-state index contributed by atoms with van der Waals surface area (Å²) < 4.78 is 38.3. The van der Waals surface area contributed by atoms with Crippen molar-refractivity contribution in [2.75, 3.05) is 0 Å². The molecule has 2 unspecified atom stereocenters. The highest BCUT2D eigenvalue weighted by molar-refractivity contribution is 7.92. The Kier molecular flexibility index (Phi) is 4.75. The Balaban J connectivity index is 2.38. The van der Waals surface area contributed by atoms with Gasteiger partial charge in [0.15, 0.2) is 9.84 Å². The van der Waals surface area contributed by atoms with E-state index in [9.17, 15) is 12.8 Å². The number of hydrogen-bond donors (Lipinski definition) is 1. The molecule has 0 saturated heterocycles. The van der Waals surface area contributed by atoms with Crippen LogP contribution in [0.1, 0.15) is 24.9 Å². The molecule has 5 heteroatoms. The summed E-state index contributed by atoms with van der Waals surface area (Å²) in [5.41, 5.74) is 6.92. The smallest absolute Gasteiger partial charge is 0.183 e. The summed E-state index contributed by atoms with van der Waals surface area (Å²) in [6.07, 6.45) is 0.385. The van der Waals surface area contributed by atoms with Crippen LogP contribution in [0.25, 0.3) is 0 Å². The number of sulfone groups is 1. The van der Waals surface area contributed by atoms with Crippen LogP contribution in [0.4, 0.5) is 4.39 Å². The molecule has 0 radical (unpaired) electrons. The zero-order valence-corrected chi connectivity index (χ0v) is 12.6. The van der Waals surface area contributed by atoms with E-state index in [1.807, 2.05) is 30.3 Å². The van der Waals surface area contributed by atoms with Gasteiger partial charge in [-0.2, -0.15) is 0 Å². The quantitative estimate of drug-likeness (QED) is 0.864. The van der Waals surface area contributed by atoms with Crippen LogP contribution in [0.15, 0.2) is 59.5 Å². The molecule has 0 heterocycles. The summed E-state index contributed by atoms with van der Waals surface area (Å²) >= 11 is 0. The lowest BCUT2D eigenvalue weighted by atomic mass is 10.0. The first-order valence-corrected chi connectivity index (χ1v) is 8.31. The molecule has 21 heavy (non-hydrogen) atoms. The van der Waals surface area contributed by atoms with Crippen molar-refractivity contribution in [3.63, 3.8) is 0 Å². The first-order valence-electron chi connectivity index (χ1n) is 6.76. The van der Waals surface area contributed by atoms with Gasteiger partial charge in [0.25, 0.3) is 0 Å². The highest BCUT2D eigenvalue weighted by Crippen LogP contribution is 2.27. The van der Waals surface area contributed by atoms with Crippen LogP contribution in [0.2, 0.25) is 0 Å². The zero-order valence-electron chi connectivity index (χ0n) is 11.7. The Morgan fingerprint density at radius 2 is 1.62 bits per heavy atom. The maximum absolute atomic E-state index is 13.0. The molecule has 2 aromatic carbocycles. The second-order valence-corrected chi connectivity index (χ2v) is 7.05. The minimum absolute atomic E-state index is 0.0992. The molecule has 112 valence electrons. The van der Waals surface area contributed by atoms with E-state index in [0.717, 1.165) is 17.7 Å². The number of benzene rings is 2. The second-order valence-electron chi connectivity index (χ2n) is 4.88. The van der Waals surface area contributed by atoms with Crippen LogP contribution < -0.4 is 5.73 Å². The molecule has 2 N–H and O–H groups in total. The third kappa shape index (κ3) is 3.31. The standard InChI is InChI=1S/C16H18FNO2S/c1-2-15(16(18)12-6-4-3-5-7-12)21(19,20)14-10-8-13(17)9-11-14/h3-11,15-16H,2,18H2,1H3. The van der Waals surface area contributed by atoms with Gasteiger partial charge in [0.05, 0.1) is 10.1 Å². The monoisotopic (exact) mass is 307 g/mol. The Bertz CT molecular complexity index is 684. The number of rotatable bonds is 5. The molecule has 2 rings (SSSR count). The third-order valence-electron chi connectivity index (χ3n) is 3.53. The lowest BCUT2D eigenvalue weighted by Crippen LogP contribution is -2.33. The summed E-state index contributed by atoms with van der Waals surface area (Å²) in [6.45, 7) is 1.79. The Morgan fingerprint density at radius 1 is 1.05 bits per heavy atom. The lowest BCUT2D eigenvalue weighted by molar-refractivity contribution is 0.547. The summed E-state index contributed by atoms with van der Waals surface area (Å²) in [4.78, 5) is 0.0992. The van der Waals surface area contributed by atoms with E-state index < -0.39 is 26.9 Å². The van der Waals surface area contributed by atoms with Gasteiger partial charge < -0.3 is 5.73 Å². The average molecular weight is 307 g/mol. The number of nitrogens with two attached hydrogens (primary N) is 1.